The van der Waals surface area contributed by atoms with E-state index >= 15 is 0 Å². The van der Waals surface area contributed by atoms with E-state index in [0.717, 1.165) is 25.9 Å². The van der Waals surface area contributed by atoms with Gasteiger partial charge in [-0.2, -0.15) is 0 Å². The molecular formula is C15H24O2. The molecule has 0 aromatic heterocycles. The predicted octanol–water partition coefficient (Wildman–Crippen LogP) is 3.39. The van der Waals surface area contributed by atoms with Gasteiger partial charge in [0.1, 0.15) is 0 Å². The predicted molar refractivity (Wildman–Crippen MR) is 70.8 cm³/mol. The van der Waals surface area contributed by atoms with Gasteiger partial charge < -0.3 is 9.84 Å². The minimum Gasteiger partial charge on any atom is -0.393 e. The molecule has 1 aromatic carbocycles. The lowest BCUT2D eigenvalue weighted by atomic mass is 10.0. The van der Waals surface area contributed by atoms with Gasteiger partial charge in [0.15, 0.2) is 0 Å². The molecule has 0 radical (unpaired) electrons. The Morgan fingerprint density at radius 3 is 2.53 bits per heavy atom. The maximum Gasteiger partial charge on any atom is 0.0717 e. The molecule has 1 N–H and O–H groups in total. The highest BCUT2D eigenvalue weighted by atomic mass is 16.5. The molecule has 0 amide bonds. The van der Waals surface area contributed by atoms with Gasteiger partial charge >= 0.3 is 0 Å². The van der Waals surface area contributed by atoms with Crippen molar-refractivity contribution in [3.05, 3.63) is 35.9 Å². The number of aliphatic hydroxyl groups is 1. The molecule has 0 aliphatic rings. The van der Waals surface area contributed by atoms with Crippen LogP contribution in [0.4, 0.5) is 0 Å². The third kappa shape index (κ3) is 6.44. The van der Waals surface area contributed by atoms with Crippen molar-refractivity contribution >= 4 is 0 Å². The Morgan fingerprint density at radius 2 is 1.88 bits per heavy atom. The van der Waals surface area contributed by atoms with E-state index in [4.69, 9.17) is 4.74 Å². The normalized spacial score (nSPS) is 14.5. The van der Waals surface area contributed by atoms with Crippen LogP contribution in [0.1, 0.15) is 38.7 Å². The zero-order valence-electron chi connectivity index (χ0n) is 10.9. The van der Waals surface area contributed by atoms with Gasteiger partial charge in [-0.3, -0.25) is 0 Å². The smallest absolute Gasteiger partial charge is 0.0717 e. The van der Waals surface area contributed by atoms with Crippen molar-refractivity contribution in [1.82, 2.24) is 0 Å². The van der Waals surface area contributed by atoms with Crippen LogP contribution in [-0.2, 0) is 11.3 Å². The standard InChI is InChI=1S/C15H24O2/c1-3-15(16)10-9-13(2)11-17-12-14-7-5-4-6-8-14/h4-8,13,15-16H,3,9-12H2,1-2H3/t13-,15?/m0/s1. The van der Waals surface area contributed by atoms with E-state index in [1.165, 1.54) is 5.56 Å². The Hall–Kier alpha value is -0.860. The summed E-state index contributed by atoms with van der Waals surface area (Å²) >= 11 is 0. The second-order valence-electron chi connectivity index (χ2n) is 4.75. The Labute approximate surface area is 105 Å². The molecular weight excluding hydrogens is 212 g/mol. The van der Waals surface area contributed by atoms with E-state index in [-0.39, 0.29) is 6.10 Å². The van der Waals surface area contributed by atoms with E-state index in [0.29, 0.717) is 12.5 Å². The van der Waals surface area contributed by atoms with Gasteiger partial charge in [0.05, 0.1) is 12.7 Å². The maximum atomic E-state index is 9.47. The summed E-state index contributed by atoms with van der Waals surface area (Å²) in [4.78, 5) is 0. The number of benzene rings is 1. The summed E-state index contributed by atoms with van der Waals surface area (Å²) in [5, 5.41) is 9.47. The first-order valence-electron chi connectivity index (χ1n) is 6.52. The van der Waals surface area contributed by atoms with Crippen LogP contribution in [0, 0.1) is 5.92 Å². The average Bonchev–Trinajstić information content (AvgIpc) is 2.37. The summed E-state index contributed by atoms with van der Waals surface area (Å²) in [6.45, 7) is 5.64. The van der Waals surface area contributed by atoms with Gasteiger partial charge in [0.25, 0.3) is 0 Å². The molecule has 0 heterocycles. The zero-order valence-corrected chi connectivity index (χ0v) is 10.9. The van der Waals surface area contributed by atoms with Crippen molar-refractivity contribution < 1.29 is 9.84 Å². The molecule has 0 bridgehead atoms. The average molecular weight is 236 g/mol. The lowest BCUT2D eigenvalue weighted by Gasteiger charge is -2.14. The highest BCUT2D eigenvalue weighted by Crippen LogP contribution is 2.11. The Morgan fingerprint density at radius 1 is 1.18 bits per heavy atom. The van der Waals surface area contributed by atoms with E-state index in [2.05, 4.69) is 19.1 Å². The van der Waals surface area contributed by atoms with Gasteiger partial charge in [0.2, 0.25) is 0 Å². The molecule has 1 rings (SSSR count). The van der Waals surface area contributed by atoms with Gasteiger partial charge in [-0.15, -0.1) is 0 Å². The topological polar surface area (TPSA) is 29.5 Å². The highest BCUT2D eigenvalue weighted by molar-refractivity contribution is 5.13. The molecule has 0 aliphatic carbocycles. The largest absolute Gasteiger partial charge is 0.393 e. The van der Waals surface area contributed by atoms with Crippen molar-refractivity contribution in [2.24, 2.45) is 5.92 Å². The van der Waals surface area contributed by atoms with Crippen LogP contribution in [0.3, 0.4) is 0 Å². The lowest BCUT2D eigenvalue weighted by molar-refractivity contribution is 0.0801. The van der Waals surface area contributed by atoms with Crippen LogP contribution in [0.5, 0.6) is 0 Å². The lowest BCUT2D eigenvalue weighted by Crippen LogP contribution is -2.11. The van der Waals surface area contributed by atoms with Gasteiger partial charge in [-0.25, -0.2) is 0 Å². The summed E-state index contributed by atoms with van der Waals surface area (Å²) in [7, 11) is 0. The first-order valence-corrected chi connectivity index (χ1v) is 6.52. The first kappa shape index (κ1) is 14.2. The fourth-order valence-electron chi connectivity index (χ4n) is 1.72. The molecule has 2 atom stereocenters. The van der Waals surface area contributed by atoms with E-state index in [1.54, 1.807) is 0 Å². The van der Waals surface area contributed by atoms with Crippen molar-refractivity contribution in [2.45, 2.75) is 45.8 Å². The minimum absolute atomic E-state index is 0.147. The Bertz CT molecular complexity index is 284. The molecule has 0 fully saturated rings. The van der Waals surface area contributed by atoms with Crippen LogP contribution >= 0.6 is 0 Å². The highest BCUT2D eigenvalue weighted by Gasteiger charge is 2.06. The molecule has 2 heteroatoms. The first-order chi connectivity index (χ1) is 8.22. The fraction of sp³-hybridized carbons (Fsp3) is 0.600. The quantitative estimate of drug-likeness (QED) is 0.749. The number of aliphatic hydroxyl groups excluding tert-OH is 1. The van der Waals surface area contributed by atoms with Crippen LogP contribution < -0.4 is 0 Å². The Balaban J connectivity index is 2.10. The zero-order chi connectivity index (χ0) is 12.5. The second-order valence-corrected chi connectivity index (χ2v) is 4.75. The molecule has 96 valence electrons. The number of rotatable bonds is 8. The fourth-order valence-corrected chi connectivity index (χ4v) is 1.72. The van der Waals surface area contributed by atoms with Crippen molar-refractivity contribution in [2.75, 3.05) is 6.61 Å². The molecule has 0 saturated heterocycles. The van der Waals surface area contributed by atoms with Crippen LogP contribution in [-0.4, -0.2) is 17.8 Å². The van der Waals surface area contributed by atoms with Crippen molar-refractivity contribution in [3.8, 4) is 0 Å². The number of hydrogen-bond acceptors (Lipinski definition) is 2. The van der Waals surface area contributed by atoms with E-state index < -0.39 is 0 Å². The van der Waals surface area contributed by atoms with Crippen LogP contribution in [0.15, 0.2) is 30.3 Å². The van der Waals surface area contributed by atoms with Gasteiger partial charge in [-0.1, -0.05) is 44.2 Å². The minimum atomic E-state index is -0.147. The van der Waals surface area contributed by atoms with Crippen LogP contribution in [0.2, 0.25) is 0 Å². The third-order valence-electron chi connectivity index (χ3n) is 2.98. The van der Waals surface area contributed by atoms with E-state index in [9.17, 15) is 5.11 Å². The number of ether oxygens (including phenoxy) is 1. The molecule has 2 nitrogen and oxygen atoms in total. The third-order valence-corrected chi connectivity index (χ3v) is 2.98. The Kier molecular flexibility index (Phi) is 6.90. The maximum absolute atomic E-state index is 9.47. The summed E-state index contributed by atoms with van der Waals surface area (Å²) in [5.74, 6) is 0.514. The second kappa shape index (κ2) is 8.26. The molecule has 17 heavy (non-hydrogen) atoms. The summed E-state index contributed by atoms with van der Waals surface area (Å²) in [6, 6.07) is 10.2. The van der Waals surface area contributed by atoms with Crippen molar-refractivity contribution in [1.29, 1.82) is 0 Å². The summed E-state index contributed by atoms with van der Waals surface area (Å²) in [6.07, 6.45) is 2.61. The van der Waals surface area contributed by atoms with E-state index in [1.807, 2.05) is 25.1 Å². The van der Waals surface area contributed by atoms with Gasteiger partial charge in [-0.05, 0) is 30.7 Å². The SMILES string of the molecule is CCC(O)CC[C@H](C)COCc1ccccc1. The molecule has 1 aromatic rings. The molecule has 0 saturated carbocycles. The number of hydrogen-bond donors (Lipinski definition) is 1. The van der Waals surface area contributed by atoms with Crippen LogP contribution in [0.25, 0.3) is 0 Å². The molecule has 1 unspecified atom stereocenters. The van der Waals surface area contributed by atoms with Crippen molar-refractivity contribution in [3.63, 3.8) is 0 Å². The summed E-state index contributed by atoms with van der Waals surface area (Å²) in [5.41, 5.74) is 1.22. The van der Waals surface area contributed by atoms with Gasteiger partial charge in [0, 0.05) is 6.61 Å². The summed E-state index contributed by atoms with van der Waals surface area (Å²) < 4.78 is 5.67. The molecule has 0 spiro atoms. The monoisotopic (exact) mass is 236 g/mol. The molecule has 0 aliphatic heterocycles.